The van der Waals surface area contributed by atoms with Crippen LogP contribution >= 0.6 is 0 Å². The van der Waals surface area contributed by atoms with Gasteiger partial charge in [0.1, 0.15) is 5.60 Å². The van der Waals surface area contributed by atoms with Crippen LogP contribution in [-0.2, 0) is 14.3 Å². The van der Waals surface area contributed by atoms with Gasteiger partial charge in [-0.05, 0) is 47.0 Å². The van der Waals surface area contributed by atoms with E-state index in [1.54, 1.807) is 27.7 Å². The van der Waals surface area contributed by atoms with Crippen LogP contribution in [0.3, 0.4) is 0 Å². The Kier molecular flexibility index (Phi) is 5.80. The summed E-state index contributed by atoms with van der Waals surface area (Å²) in [7, 11) is 0. The summed E-state index contributed by atoms with van der Waals surface area (Å²) in [6, 6.07) is -0.354. The Bertz CT molecular complexity index is 350. The largest absolute Gasteiger partial charge is 0.466 e. The van der Waals surface area contributed by atoms with Crippen LogP contribution in [-0.4, -0.2) is 41.5 Å². The van der Waals surface area contributed by atoms with Gasteiger partial charge in [0.25, 0.3) is 0 Å². The van der Waals surface area contributed by atoms with Crippen LogP contribution in [0.5, 0.6) is 0 Å². The summed E-state index contributed by atoms with van der Waals surface area (Å²) in [5.74, 6) is -0.904. The smallest absolute Gasteiger partial charge is 0.407 e. The van der Waals surface area contributed by atoms with Gasteiger partial charge in [-0.3, -0.25) is 4.79 Å². The molecule has 0 saturated heterocycles. The summed E-state index contributed by atoms with van der Waals surface area (Å²) in [6.45, 7) is 7.35. The first-order valence-electron chi connectivity index (χ1n) is 7.07. The molecule has 0 radical (unpaired) electrons. The Morgan fingerprint density at radius 3 is 2.50 bits per heavy atom. The molecule has 1 unspecified atom stereocenters. The monoisotopic (exact) mass is 287 g/mol. The molecule has 1 saturated carbocycles. The highest BCUT2D eigenvalue weighted by Crippen LogP contribution is 2.26. The summed E-state index contributed by atoms with van der Waals surface area (Å²) in [6.07, 6.45) is 0.314. The maximum absolute atomic E-state index is 11.9. The van der Waals surface area contributed by atoms with E-state index in [9.17, 15) is 14.7 Å². The second kappa shape index (κ2) is 6.92. The first-order chi connectivity index (χ1) is 9.23. The molecular weight excluding hydrogens is 262 g/mol. The van der Waals surface area contributed by atoms with E-state index in [1.807, 2.05) is 0 Å². The molecule has 0 aliphatic heterocycles. The Morgan fingerprint density at radius 2 is 1.95 bits per heavy atom. The Morgan fingerprint density at radius 1 is 1.30 bits per heavy atom. The molecule has 1 rings (SSSR count). The molecule has 0 spiro atoms. The van der Waals surface area contributed by atoms with Gasteiger partial charge in [-0.15, -0.1) is 0 Å². The number of esters is 1. The van der Waals surface area contributed by atoms with E-state index >= 15 is 0 Å². The highest BCUT2D eigenvalue weighted by Gasteiger charge is 2.37. The molecule has 0 aromatic carbocycles. The van der Waals surface area contributed by atoms with Crippen molar-refractivity contribution < 1.29 is 24.2 Å². The normalized spacial score (nSPS) is 26.8. The van der Waals surface area contributed by atoms with Crippen molar-refractivity contribution in [2.75, 3.05) is 6.61 Å². The van der Waals surface area contributed by atoms with E-state index in [-0.39, 0.29) is 18.6 Å². The zero-order valence-corrected chi connectivity index (χ0v) is 12.6. The van der Waals surface area contributed by atoms with Crippen molar-refractivity contribution in [1.29, 1.82) is 0 Å². The first kappa shape index (κ1) is 16.8. The minimum absolute atomic E-state index is 0.282. The van der Waals surface area contributed by atoms with Gasteiger partial charge in [0, 0.05) is 6.04 Å². The fourth-order valence-corrected chi connectivity index (χ4v) is 2.29. The van der Waals surface area contributed by atoms with Gasteiger partial charge in [0.2, 0.25) is 0 Å². The zero-order chi connectivity index (χ0) is 15.3. The predicted molar refractivity (Wildman–Crippen MR) is 73.1 cm³/mol. The lowest BCUT2D eigenvalue weighted by atomic mass is 9.83. The zero-order valence-electron chi connectivity index (χ0n) is 12.6. The van der Waals surface area contributed by atoms with Crippen LogP contribution < -0.4 is 5.32 Å². The molecular formula is C14H25NO5. The number of ether oxygens (including phenoxy) is 2. The minimum Gasteiger partial charge on any atom is -0.466 e. The maximum Gasteiger partial charge on any atom is 0.407 e. The summed E-state index contributed by atoms with van der Waals surface area (Å²) in [4.78, 5) is 23.7. The molecule has 116 valence electrons. The number of hydrogen-bond acceptors (Lipinski definition) is 5. The highest BCUT2D eigenvalue weighted by molar-refractivity contribution is 5.75. The second-order valence-corrected chi connectivity index (χ2v) is 6.08. The third-order valence-electron chi connectivity index (χ3n) is 3.11. The minimum atomic E-state index is -0.586. The van der Waals surface area contributed by atoms with Crippen LogP contribution in [0.1, 0.15) is 47.0 Å². The quantitative estimate of drug-likeness (QED) is 0.770. The van der Waals surface area contributed by atoms with Crippen LogP contribution in [0.2, 0.25) is 0 Å². The number of nitrogens with one attached hydrogen (secondary N) is 1. The molecule has 20 heavy (non-hydrogen) atoms. The summed E-state index contributed by atoms with van der Waals surface area (Å²) < 4.78 is 10.2. The number of amides is 1. The Balaban J connectivity index is 2.64. The van der Waals surface area contributed by atoms with Crippen LogP contribution in [0.25, 0.3) is 0 Å². The van der Waals surface area contributed by atoms with Crippen LogP contribution in [0.4, 0.5) is 4.79 Å². The van der Waals surface area contributed by atoms with Gasteiger partial charge < -0.3 is 19.9 Å². The summed E-state index contributed by atoms with van der Waals surface area (Å²) >= 11 is 0. The van der Waals surface area contributed by atoms with Gasteiger partial charge >= 0.3 is 12.1 Å². The van der Waals surface area contributed by atoms with Crippen molar-refractivity contribution >= 4 is 12.1 Å². The van der Waals surface area contributed by atoms with Crippen molar-refractivity contribution in [2.45, 2.75) is 64.7 Å². The topological polar surface area (TPSA) is 84.9 Å². The summed E-state index contributed by atoms with van der Waals surface area (Å²) in [5, 5.41) is 12.4. The van der Waals surface area contributed by atoms with E-state index in [0.717, 1.165) is 0 Å². The van der Waals surface area contributed by atoms with Crippen LogP contribution in [0.15, 0.2) is 0 Å². The van der Waals surface area contributed by atoms with Crippen molar-refractivity contribution in [3.8, 4) is 0 Å². The molecule has 1 aliphatic rings. The molecule has 2 N–H and O–H groups in total. The van der Waals surface area contributed by atoms with Gasteiger partial charge in [-0.2, -0.15) is 0 Å². The van der Waals surface area contributed by atoms with Crippen molar-refractivity contribution in [2.24, 2.45) is 5.92 Å². The van der Waals surface area contributed by atoms with E-state index in [0.29, 0.717) is 19.3 Å². The molecule has 0 bridgehead atoms. The van der Waals surface area contributed by atoms with E-state index in [1.165, 1.54) is 0 Å². The first-order valence-corrected chi connectivity index (χ1v) is 7.07. The summed E-state index contributed by atoms with van der Waals surface area (Å²) in [5.41, 5.74) is -0.586. The van der Waals surface area contributed by atoms with Gasteiger partial charge in [-0.25, -0.2) is 4.79 Å². The lowest BCUT2D eigenvalue weighted by molar-refractivity contribution is -0.151. The van der Waals surface area contributed by atoms with Gasteiger partial charge in [-0.1, -0.05) is 0 Å². The highest BCUT2D eigenvalue weighted by atomic mass is 16.6. The third kappa shape index (κ3) is 5.36. The molecule has 3 atom stereocenters. The van der Waals surface area contributed by atoms with E-state index < -0.39 is 23.7 Å². The third-order valence-corrected chi connectivity index (χ3v) is 3.11. The molecule has 1 fully saturated rings. The Hall–Kier alpha value is -1.30. The number of carbonyl (C=O) groups excluding carboxylic acids is 2. The molecule has 0 aromatic rings. The molecule has 6 nitrogen and oxygen atoms in total. The standard InChI is InChI=1S/C14H25NO5/c1-5-19-12(17)10-8-9(16)6-7-11(10)15-13(18)20-14(2,3)4/h9-11,16H,5-8H2,1-4H3,(H,15,18)/t9?,10-,11-/m0/s1. The SMILES string of the molecule is CCOC(=O)[C@H]1CC(O)CC[C@@H]1NC(=O)OC(C)(C)C. The molecule has 6 heteroatoms. The molecule has 1 aliphatic carbocycles. The van der Waals surface area contributed by atoms with Gasteiger partial charge in [0.15, 0.2) is 0 Å². The lowest BCUT2D eigenvalue weighted by Gasteiger charge is -2.33. The van der Waals surface area contributed by atoms with Crippen LogP contribution in [0, 0.1) is 5.92 Å². The predicted octanol–water partition coefficient (Wildman–Crippen LogP) is 1.60. The number of aliphatic hydroxyl groups excluding tert-OH is 1. The Labute approximate surface area is 119 Å². The maximum atomic E-state index is 11.9. The molecule has 1 amide bonds. The molecule has 0 heterocycles. The van der Waals surface area contributed by atoms with E-state index in [2.05, 4.69) is 5.32 Å². The average Bonchev–Trinajstić information content (AvgIpc) is 2.29. The second-order valence-electron chi connectivity index (χ2n) is 6.08. The van der Waals surface area contributed by atoms with Gasteiger partial charge in [0.05, 0.1) is 18.6 Å². The van der Waals surface area contributed by atoms with Crippen molar-refractivity contribution in [1.82, 2.24) is 5.32 Å². The number of hydrogen-bond donors (Lipinski definition) is 2. The fraction of sp³-hybridized carbons (Fsp3) is 0.857. The molecule has 0 aromatic heterocycles. The van der Waals surface area contributed by atoms with Crippen molar-refractivity contribution in [3.63, 3.8) is 0 Å². The fourth-order valence-electron chi connectivity index (χ4n) is 2.29. The average molecular weight is 287 g/mol. The number of rotatable bonds is 3. The lowest BCUT2D eigenvalue weighted by Crippen LogP contribution is -2.49. The van der Waals surface area contributed by atoms with E-state index in [4.69, 9.17) is 9.47 Å². The number of alkyl carbamates (subject to hydrolysis) is 1. The van der Waals surface area contributed by atoms with Crippen molar-refractivity contribution in [3.05, 3.63) is 0 Å². The number of aliphatic hydroxyl groups is 1. The number of carbonyl (C=O) groups is 2.